The van der Waals surface area contributed by atoms with E-state index in [4.69, 9.17) is 4.74 Å². The van der Waals surface area contributed by atoms with Crippen LogP contribution in [0.4, 0.5) is 15.8 Å². The van der Waals surface area contributed by atoms with Crippen molar-refractivity contribution >= 4 is 27.3 Å². The van der Waals surface area contributed by atoms with Crippen molar-refractivity contribution in [2.75, 3.05) is 17.1 Å². The van der Waals surface area contributed by atoms with E-state index in [2.05, 4.69) is 10.0 Å². The number of methoxy groups -OCH3 is 1. The lowest BCUT2D eigenvalue weighted by atomic mass is 10.1. The van der Waals surface area contributed by atoms with Crippen LogP contribution in [0.1, 0.15) is 21.5 Å². The lowest BCUT2D eigenvalue weighted by Gasteiger charge is -2.13. The summed E-state index contributed by atoms with van der Waals surface area (Å²) in [5.74, 6) is -1.14. The molecule has 3 aromatic carbocycles. The van der Waals surface area contributed by atoms with E-state index in [9.17, 15) is 17.6 Å². The molecule has 0 aromatic heterocycles. The van der Waals surface area contributed by atoms with E-state index >= 15 is 0 Å². The highest BCUT2D eigenvalue weighted by Crippen LogP contribution is 2.24. The number of carbonyl (C=O) groups excluding carboxylic acids is 1. The first-order valence-electron chi connectivity index (χ1n) is 9.05. The number of carbonyl (C=O) groups is 1. The number of benzene rings is 3. The Morgan fingerprint density at radius 3 is 2.17 bits per heavy atom. The standard InChI is InChI=1S/C22H21FN2O4S/c1-14-5-4-6-15(2)21(14)25-30(27,28)18-10-8-17(9-11-18)24-22(26)16-7-12-20(29-3)19(23)13-16/h4-13,25H,1-3H3,(H,24,26). The molecule has 3 aromatic rings. The van der Waals surface area contributed by atoms with E-state index in [0.717, 1.165) is 17.2 Å². The number of rotatable bonds is 6. The highest BCUT2D eigenvalue weighted by atomic mass is 32.2. The van der Waals surface area contributed by atoms with Gasteiger partial charge in [0, 0.05) is 11.3 Å². The summed E-state index contributed by atoms with van der Waals surface area (Å²) in [6.07, 6.45) is 0. The normalized spacial score (nSPS) is 11.1. The minimum atomic E-state index is -3.80. The van der Waals surface area contributed by atoms with Gasteiger partial charge in [-0.1, -0.05) is 18.2 Å². The third-order valence-corrected chi connectivity index (χ3v) is 5.92. The Kier molecular flexibility index (Phi) is 6.07. The molecule has 0 bridgehead atoms. The van der Waals surface area contributed by atoms with Crippen LogP contribution in [0, 0.1) is 19.7 Å². The van der Waals surface area contributed by atoms with Crippen molar-refractivity contribution in [3.63, 3.8) is 0 Å². The second-order valence-corrected chi connectivity index (χ2v) is 8.38. The van der Waals surface area contributed by atoms with Gasteiger partial charge in [-0.3, -0.25) is 9.52 Å². The molecule has 0 saturated carbocycles. The Balaban J connectivity index is 1.76. The fraction of sp³-hybridized carbons (Fsp3) is 0.136. The molecule has 0 atom stereocenters. The summed E-state index contributed by atoms with van der Waals surface area (Å²) in [6, 6.07) is 15.1. The average Bonchev–Trinajstić information content (AvgIpc) is 2.71. The molecule has 30 heavy (non-hydrogen) atoms. The smallest absolute Gasteiger partial charge is 0.261 e. The number of amides is 1. The van der Waals surface area contributed by atoms with E-state index < -0.39 is 21.7 Å². The maximum atomic E-state index is 13.8. The molecule has 0 aliphatic rings. The number of halogens is 1. The molecule has 0 fully saturated rings. The van der Waals surface area contributed by atoms with E-state index in [1.807, 2.05) is 32.0 Å². The summed E-state index contributed by atoms with van der Waals surface area (Å²) in [7, 11) is -2.46. The molecule has 0 spiro atoms. The third kappa shape index (κ3) is 4.60. The molecule has 0 aliphatic carbocycles. The zero-order valence-electron chi connectivity index (χ0n) is 16.7. The predicted octanol–water partition coefficient (Wildman–Crippen LogP) is 4.50. The van der Waals surface area contributed by atoms with Crippen molar-refractivity contribution in [3.8, 4) is 5.75 Å². The lowest BCUT2D eigenvalue weighted by Crippen LogP contribution is -2.15. The van der Waals surface area contributed by atoms with Crippen molar-refractivity contribution in [1.29, 1.82) is 0 Å². The van der Waals surface area contributed by atoms with Crippen molar-refractivity contribution in [1.82, 2.24) is 0 Å². The van der Waals surface area contributed by atoms with Gasteiger partial charge in [-0.05, 0) is 67.4 Å². The SMILES string of the molecule is COc1ccc(C(=O)Nc2ccc(S(=O)(=O)Nc3c(C)cccc3C)cc2)cc1F. The molecule has 0 saturated heterocycles. The quantitative estimate of drug-likeness (QED) is 0.605. The predicted molar refractivity (Wildman–Crippen MR) is 114 cm³/mol. The summed E-state index contributed by atoms with van der Waals surface area (Å²) in [4.78, 5) is 12.4. The zero-order valence-corrected chi connectivity index (χ0v) is 17.5. The van der Waals surface area contributed by atoms with Gasteiger partial charge in [-0.25, -0.2) is 12.8 Å². The van der Waals surface area contributed by atoms with Crippen LogP contribution in [-0.4, -0.2) is 21.4 Å². The second-order valence-electron chi connectivity index (χ2n) is 6.70. The van der Waals surface area contributed by atoms with Gasteiger partial charge < -0.3 is 10.1 Å². The minimum Gasteiger partial charge on any atom is -0.494 e. The Morgan fingerprint density at radius 2 is 1.60 bits per heavy atom. The number of aryl methyl sites for hydroxylation is 2. The number of nitrogens with one attached hydrogen (secondary N) is 2. The molecule has 6 nitrogen and oxygen atoms in total. The summed E-state index contributed by atoms with van der Waals surface area (Å²) in [5.41, 5.74) is 2.66. The first-order chi connectivity index (χ1) is 14.2. The maximum absolute atomic E-state index is 13.8. The summed E-state index contributed by atoms with van der Waals surface area (Å²) >= 11 is 0. The van der Waals surface area contributed by atoms with Crippen LogP contribution in [0.3, 0.4) is 0 Å². The summed E-state index contributed by atoms with van der Waals surface area (Å²) in [5, 5.41) is 2.61. The number of hydrogen-bond donors (Lipinski definition) is 2. The molecule has 8 heteroatoms. The van der Waals surface area contributed by atoms with Crippen molar-refractivity contribution in [2.45, 2.75) is 18.7 Å². The topological polar surface area (TPSA) is 84.5 Å². The van der Waals surface area contributed by atoms with Gasteiger partial charge in [-0.2, -0.15) is 0 Å². The van der Waals surface area contributed by atoms with Gasteiger partial charge in [-0.15, -0.1) is 0 Å². The van der Waals surface area contributed by atoms with Gasteiger partial charge in [0.05, 0.1) is 17.7 Å². The minimum absolute atomic E-state index is 0.0394. The fourth-order valence-electron chi connectivity index (χ4n) is 2.90. The summed E-state index contributed by atoms with van der Waals surface area (Å²) < 4.78 is 46.6. The molecule has 156 valence electrons. The van der Waals surface area contributed by atoms with Crippen LogP contribution in [0.5, 0.6) is 5.75 Å². The lowest BCUT2D eigenvalue weighted by molar-refractivity contribution is 0.102. The molecule has 1 amide bonds. The molecule has 3 rings (SSSR count). The van der Waals surface area contributed by atoms with Crippen LogP contribution in [0.25, 0.3) is 0 Å². The van der Waals surface area contributed by atoms with Crippen LogP contribution < -0.4 is 14.8 Å². The number of ether oxygens (including phenoxy) is 1. The van der Waals surface area contributed by atoms with Crippen LogP contribution in [-0.2, 0) is 10.0 Å². The van der Waals surface area contributed by atoms with Crippen LogP contribution >= 0.6 is 0 Å². The van der Waals surface area contributed by atoms with E-state index in [1.54, 1.807) is 0 Å². The molecule has 0 unspecified atom stereocenters. The van der Waals surface area contributed by atoms with Gasteiger partial charge in [0.15, 0.2) is 11.6 Å². The molecule has 0 radical (unpaired) electrons. The van der Waals surface area contributed by atoms with Gasteiger partial charge >= 0.3 is 0 Å². The molecular formula is C22H21FN2O4S. The zero-order chi connectivity index (χ0) is 21.9. The molecule has 2 N–H and O–H groups in total. The first kappa shape index (κ1) is 21.3. The Hall–Kier alpha value is -3.39. The molecular weight excluding hydrogens is 407 g/mol. The third-order valence-electron chi connectivity index (χ3n) is 4.55. The van der Waals surface area contributed by atoms with E-state index in [0.29, 0.717) is 11.4 Å². The van der Waals surface area contributed by atoms with E-state index in [-0.39, 0.29) is 16.2 Å². The highest BCUT2D eigenvalue weighted by Gasteiger charge is 2.17. The Labute approximate surface area is 174 Å². The molecule has 0 aliphatic heterocycles. The first-order valence-corrected chi connectivity index (χ1v) is 10.5. The Morgan fingerprint density at radius 1 is 0.967 bits per heavy atom. The number of para-hydroxylation sites is 1. The largest absolute Gasteiger partial charge is 0.494 e. The second kappa shape index (κ2) is 8.54. The van der Waals surface area contributed by atoms with Gasteiger partial charge in [0.1, 0.15) is 0 Å². The van der Waals surface area contributed by atoms with Crippen LogP contribution in [0.2, 0.25) is 0 Å². The summed E-state index contributed by atoms with van der Waals surface area (Å²) in [6.45, 7) is 3.65. The van der Waals surface area contributed by atoms with Crippen molar-refractivity contribution in [3.05, 3.63) is 83.2 Å². The number of anilines is 2. The van der Waals surface area contributed by atoms with Crippen molar-refractivity contribution in [2.24, 2.45) is 0 Å². The Bertz CT molecular complexity index is 1170. The highest BCUT2D eigenvalue weighted by molar-refractivity contribution is 7.92. The average molecular weight is 428 g/mol. The maximum Gasteiger partial charge on any atom is 0.261 e. The monoisotopic (exact) mass is 428 g/mol. The van der Waals surface area contributed by atoms with Gasteiger partial charge in [0.2, 0.25) is 0 Å². The number of sulfonamides is 1. The number of hydrogen-bond acceptors (Lipinski definition) is 4. The van der Waals surface area contributed by atoms with Gasteiger partial charge in [0.25, 0.3) is 15.9 Å². The fourth-order valence-corrected chi connectivity index (χ4v) is 4.10. The molecule has 0 heterocycles. The van der Waals surface area contributed by atoms with Crippen LogP contribution in [0.15, 0.2) is 65.6 Å². The van der Waals surface area contributed by atoms with E-state index in [1.165, 1.54) is 43.5 Å². The van der Waals surface area contributed by atoms with Crippen molar-refractivity contribution < 1.29 is 22.3 Å².